The fourth-order valence-electron chi connectivity index (χ4n) is 2.79. The summed E-state index contributed by atoms with van der Waals surface area (Å²) in [4.78, 5) is 0. The second-order valence-electron chi connectivity index (χ2n) is 5.68. The minimum Gasteiger partial charge on any atom is -0.381 e. The van der Waals surface area contributed by atoms with Gasteiger partial charge in [-0.1, -0.05) is 12.1 Å². The molecule has 2 fully saturated rings. The third-order valence-electron chi connectivity index (χ3n) is 4.08. The molecule has 0 spiro atoms. The van der Waals surface area contributed by atoms with E-state index in [9.17, 15) is 0 Å². The molecule has 0 amide bonds. The van der Waals surface area contributed by atoms with Gasteiger partial charge in [-0.05, 0) is 43.4 Å². The van der Waals surface area contributed by atoms with Gasteiger partial charge in [-0.15, -0.1) is 0 Å². The van der Waals surface area contributed by atoms with Gasteiger partial charge in [0.1, 0.15) is 0 Å². The Morgan fingerprint density at radius 1 is 1.21 bits per heavy atom. The molecule has 0 radical (unpaired) electrons. The molecule has 1 saturated heterocycles. The number of nitrogens with one attached hydrogen (secondary N) is 1. The quantitative estimate of drug-likeness (QED) is 0.898. The highest BCUT2D eigenvalue weighted by Crippen LogP contribution is 2.26. The van der Waals surface area contributed by atoms with E-state index in [-0.39, 0.29) is 0 Å². The van der Waals surface area contributed by atoms with Gasteiger partial charge in [0.25, 0.3) is 0 Å². The van der Waals surface area contributed by atoms with Gasteiger partial charge < -0.3 is 10.1 Å². The highest BCUT2D eigenvalue weighted by atomic mass is 16.5. The summed E-state index contributed by atoms with van der Waals surface area (Å²) in [5, 5.41) is 12.6. The molecule has 0 bridgehead atoms. The largest absolute Gasteiger partial charge is 0.381 e. The SMILES string of the molecule is N#Cc1ccc(C[C@@H]2COCC[C@H]2NC2CC2)cc1. The third-order valence-corrected chi connectivity index (χ3v) is 4.08. The lowest BCUT2D eigenvalue weighted by Gasteiger charge is -2.32. The standard InChI is InChI=1S/C16H20N2O/c17-10-13-3-1-12(2-4-13)9-14-11-19-8-7-16(14)18-15-5-6-15/h1-4,14-16,18H,5-9,11H2/t14-,16-/m1/s1. The van der Waals surface area contributed by atoms with Crippen LogP contribution in [0.2, 0.25) is 0 Å². The Balaban J connectivity index is 1.63. The van der Waals surface area contributed by atoms with Gasteiger partial charge in [0.05, 0.1) is 18.2 Å². The minimum absolute atomic E-state index is 0.558. The zero-order valence-electron chi connectivity index (χ0n) is 11.1. The number of ether oxygens (including phenoxy) is 1. The molecule has 1 aliphatic heterocycles. The Bertz CT molecular complexity index is 459. The Morgan fingerprint density at radius 2 is 2.00 bits per heavy atom. The van der Waals surface area contributed by atoms with Crippen molar-refractivity contribution in [3.05, 3.63) is 35.4 Å². The number of nitriles is 1. The van der Waals surface area contributed by atoms with Gasteiger partial charge in [-0.2, -0.15) is 5.26 Å². The highest BCUT2D eigenvalue weighted by Gasteiger charge is 2.31. The highest BCUT2D eigenvalue weighted by molar-refractivity contribution is 5.31. The molecule has 1 N–H and O–H groups in total. The summed E-state index contributed by atoms with van der Waals surface area (Å²) in [6, 6.07) is 11.5. The van der Waals surface area contributed by atoms with Gasteiger partial charge >= 0.3 is 0 Å². The molecule has 1 saturated carbocycles. The first-order chi connectivity index (χ1) is 9.35. The van der Waals surface area contributed by atoms with Crippen LogP contribution in [0.25, 0.3) is 0 Å². The van der Waals surface area contributed by atoms with E-state index >= 15 is 0 Å². The molecule has 1 aliphatic carbocycles. The van der Waals surface area contributed by atoms with Crippen LogP contribution in [0.1, 0.15) is 30.4 Å². The lowest BCUT2D eigenvalue weighted by Crippen LogP contribution is -2.44. The summed E-state index contributed by atoms with van der Waals surface area (Å²) in [5.74, 6) is 0.558. The van der Waals surface area contributed by atoms with E-state index in [1.165, 1.54) is 18.4 Å². The molecule has 3 nitrogen and oxygen atoms in total. The molecule has 19 heavy (non-hydrogen) atoms. The monoisotopic (exact) mass is 256 g/mol. The van der Waals surface area contributed by atoms with E-state index < -0.39 is 0 Å². The number of benzene rings is 1. The summed E-state index contributed by atoms with van der Waals surface area (Å²) in [7, 11) is 0. The fraction of sp³-hybridized carbons (Fsp3) is 0.562. The van der Waals surface area contributed by atoms with Crippen molar-refractivity contribution in [2.75, 3.05) is 13.2 Å². The van der Waals surface area contributed by atoms with Gasteiger partial charge in [-0.25, -0.2) is 0 Å². The van der Waals surface area contributed by atoms with Crippen LogP contribution in [0.15, 0.2) is 24.3 Å². The molecule has 0 unspecified atom stereocenters. The van der Waals surface area contributed by atoms with Crippen molar-refractivity contribution in [2.24, 2.45) is 5.92 Å². The predicted octanol–water partition coefficient (Wildman–Crippen LogP) is 2.26. The number of hydrogen-bond donors (Lipinski definition) is 1. The van der Waals surface area contributed by atoms with Gasteiger partial charge in [0.2, 0.25) is 0 Å². The molecule has 0 aromatic heterocycles. The molecule has 1 aromatic carbocycles. The molecule has 1 heterocycles. The van der Waals surface area contributed by atoms with E-state index in [0.29, 0.717) is 12.0 Å². The third kappa shape index (κ3) is 3.34. The maximum absolute atomic E-state index is 8.82. The summed E-state index contributed by atoms with van der Waals surface area (Å²) >= 11 is 0. The van der Waals surface area contributed by atoms with Gasteiger partial charge in [0.15, 0.2) is 0 Å². The second-order valence-corrected chi connectivity index (χ2v) is 5.68. The Hall–Kier alpha value is -1.37. The van der Waals surface area contributed by atoms with Crippen LogP contribution in [0.3, 0.4) is 0 Å². The van der Waals surface area contributed by atoms with Crippen LogP contribution in [-0.2, 0) is 11.2 Å². The Labute approximate surface area is 114 Å². The van der Waals surface area contributed by atoms with Crippen molar-refractivity contribution in [3.8, 4) is 6.07 Å². The summed E-state index contributed by atoms with van der Waals surface area (Å²) in [5.41, 5.74) is 2.04. The maximum atomic E-state index is 8.82. The molecular weight excluding hydrogens is 236 g/mol. The first kappa shape index (κ1) is 12.7. The van der Waals surface area contributed by atoms with Crippen molar-refractivity contribution in [1.29, 1.82) is 5.26 Å². The molecule has 100 valence electrons. The second kappa shape index (κ2) is 5.73. The molecule has 1 aromatic rings. The van der Waals surface area contributed by atoms with E-state index in [1.807, 2.05) is 12.1 Å². The summed E-state index contributed by atoms with van der Waals surface area (Å²) in [6.45, 7) is 1.73. The van der Waals surface area contributed by atoms with Gasteiger partial charge in [0, 0.05) is 24.6 Å². The summed E-state index contributed by atoms with van der Waals surface area (Å²) < 4.78 is 5.64. The van der Waals surface area contributed by atoms with Crippen LogP contribution >= 0.6 is 0 Å². The smallest absolute Gasteiger partial charge is 0.0991 e. The van der Waals surface area contributed by atoms with E-state index in [2.05, 4.69) is 23.5 Å². The van der Waals surface area contributed by atoms with E-state index in [0.717, 1.165) is 37.7 Å². The zero-order valence-corrected chi connectivity index (χ0v) is 11.1. The molecule has 2 atom stereocenters. The van der Waals surface area contributed by atoms with E-state index in [1.54, 1.807) is 0 Å². The molecule has 3 heteroatoms. The van der Waals surface area contributed by atoms with Crippen molar-refractivity contribution >= 4 is 0 Å². The fourth-order valence-corrected chi connectivity index (χ4v) is 2.79. The topological polar surface area (TPSA) is 45.0 Å². The van der Waals surface area contributed by atoms with Gasteiger partial charge in [-0.3, -0.25) is 0 Å². The lowest BCUT2D eigenvalue weighted by molar-refractivity contribution is 0.0316. The normalized spacial score (nSPS) is 26.9. The van der Waals surface area contributed by atoms with Crippen molar-refractivity contribution in [3.63, 3.8) is 0 Å². The Morgan fingerprint density at radius 3 is 2.68 bits per heavy atom. The minimum atomic E-state index is 0.558. The zero-order chi connectivity index (χ0) is 13.1. The van der Waals surface area contributed by atoms with E-state index in [4.69, 9.17) is 10.00 Å². The average molecular weight is 256 g/mol. The van der Waals surface area contributed by atoms with Crippen LogP contribution in [0.4, 0.5) is 0 Å². The van der Waals surface area contributed by atoms with Crippen molar-refractivity contribution in [2.45, 2.75) is 37.8 Å². The number of rotatable bonds is 4. The maximum Gasteiger partial charge on any atom is 0.0991 e. The van der Waals surface area contributed by atoms with Crippen molar-refractivity contribution < 1.29 is 4.74 Å². The lowest BCUT2D eigenvalue weighted by atomic mass is 9.89. The van der Waals surface area contributed by atoms with Crippen LogP contribution in [0, 0.1) is 17.2 Å². The molecular formula is C16H20N2O. The van der Waals surface area contributed by atoms with Crippen LogP contribution in [-0.4, -0.2) is 25.3 Å². The number of nitrogens with zero attached hydrogens (tertiary/aromatic N) is 1. The number of hydrogen-bond acceptors (Lipinski definition) is 3. The first-order valence-electron chi connectivity index (χ1n) is 7.18. The van der Waals surface area contributed by atoms with Crippen LogP contribution in [0.5, 0.6) is 0 Å². The average Bonchev–Trinajstić information content (AvgIpc) is 3.26. The molecule has 3 rings (SSSR count). The van der Waals surface area contributed by atoms with Crippen molar-refractivity contribution in [1.82, 2.24) is 5.32 Å². The predicted molar refractivity (Wildman–Crippen MR) is 73.7 cm³/mol. The summed E-state index contributed by atoms with van der Waals surface area (Å²) in [6.07, 6.45) is 4.83. The van der Waals surface area contributed by atoms with Crippen LogP contribution < -0.4 is 5.32 Å². The first-order valence-corrected chi connectivity index (χ1v) is 7.18. The Kier molecular flexibility index (Phi) is 3.82. The molecule has 2 aliphatic rings.